The van der Waals surface area contributed by atoms with Gasteiger partial charge in [0.05, 0.1) is 13.0 Å². The number of hydrogen-bond acceptors (Lipinski definition) is 3. The highest BCUT2D eigenvalue weighted by atomic mass is 16.5. The Morgan fingerprint density at radius 1 is 1.47 bits per heavy atom. The van der Waals surface area contributed by atoms with E-state index < -0.39 is 0 Å². The molecule has 0 aliphatic heterocycles. The molecule has 0 heterocycles. The third-order valence-corrected chi connectivity index (χ3v) is 3.34. The molecule has 0 amide bonds. The third-order valence-electron chi connectivity index (χ3n) is 3.34. The second-order valence-corrected chi connectivity index (χ2v) is 5.02. The van der Waals surface area contributed by atoms with Crippen molar-refractivity contribution in [2.75, 3.05) is 20.7 Å². The van der Waals surface area contributed by atoms with Gasteiger partial charge in [0.1, 0.15) is 0 Å². The van der Waals surface area contributed by atoms with Crippen molar-refractivity contribution in [3.05, 3.63) is 0 Å². The number of carbonyl (C=O) groups excluding carboxylic acids is 1. The topological polar surface area (TPSA) is 29.5 Å². The highest BCUT2D eigenvalue weighted by Gasteiger charge is 2.36. The number of carbonyl (C=O) groups is 1. The van der Waals surface area contributed by atoms with E-state index in [0.717, 1.165) is 12.3 Å². The molecular formula is C12H23NO2. The van der Waals surface area contributed by atoms with Crippen molar-refractivity contribution in [2.45, 2.75) is 45.1 Å². The molecule has 1 aliphatic rings. The summed E-state index contributed by atoms with van der Waals surface area (Å²) >= 11 is 0. The summed E-state index contributed by atoms with van der Waals surface area (Å²) in [4.78, 5) is 13.7. The van der Waals surface area contributed by atoms with E-state index in [1.807, 2.05) is 21.0 Å². The van der Waals surface area contributed by atoms with Gasteiger partial charge in [-0.3, -0.25) is 4.79 Å². The lowest BCUT2D eigenvalue weighted by molar-refractivity contribution is -0.146. The molecule has 1 fully saturated rings. The van der Waals surface area contributed by atoms with Crippen LogP contribution < -0.4 is 0 Å². The highest BCUT2D eigenvalue weighted by Crippen LogP contribution is 2.39. The molecule has 1 aliphatic carbocycles. The fourth-order valence-corrected chi connectivity index (χ4v) is 1.88. The summed E-state index contributed by atoms with van der Waals surface area (Å²) < 4.78 is 5.02. The Morgan fingerprint density at radius 3 is 2.47 bits per heavy atom. The fourth-order valence-electron chi connectivity index (χ4n) is 1.88. The van der Waals surface area contributed by atoms with E-state index in [-0.39, 0.29) is 11.5 Å². The van der Waals surface area contributed by atoms with Gasteiger partial charge in [0, 0.05) is 5.54 Å². The standard InChI is InChI=1S/C12H23NO2/c1-5-15-11(14)9-12(2,13(3)4)8-10-6-7-10/h10H,5-9H2,1-4H3. The maximum absolute atomic E-state index is 11.5. The van der Waals surface area contributed by atoms with Crippen molar-refractivity contribution >= 4 is 5.97 Å². The Balaban J connectivity index is 2.50. The lowest BCUT2D eigenvalue weighted by Crippen LogP contribution is -2.44. The van der Waals surface area contributed by atoms with Gasteiger partial charge in [-0.1, -0.05) is 12.8 Å². The second-order valence-electron chi connectivity index (χ2n) is 5.02. The van der Waals surface area contributed by atoms with Crippen LogP contribution >= 0.6 is 0 Å². The molecule has 88 valence electrons. The van der Waals surface area contributed by atoms with E-state index >= 15 is 0 Å². The van der Waals surface area contributed by atoms with Gasteiger partial charge < -0.3 is 9.64 Å². The van der Waals surface area contributed by atoms with E-state index in [1.165, 1.54) is 12.8 Å². The summed E-state index contributed by atoms with van der Waals surface area (Å²) in [7, 11) is 4.09. The first-order valence-electron chi connectivity index (χ1n) is 5.81. The van der Waals surface area contributed by atoms with Gasteiger partial charge in [0.15, 0.2) is 0 Å². The van der Waals surface area contributed by atoms with Crippen LogP contribution in [0.2, 0.25) is 0 Å². The minimum atomic E-state index is -0.0747. The van der Waals surface area contributed by atoms with Crippen LogP contribution in [0.15, 0.2) is 0 Å². The smallest absolute Gasteiger partial charge is 0.307 e. The molecule has 0 spiro atoms. The molecule has 1 unspecified atom stereocenters. The average Bonchev–Trinajstić information content (AvgIpc) is 2.87. The molecule has 0 bridgehead atoms. The number of rotatable bonds is 6. The summed E-state index contributed by atoms with van der Waals surface area (Å²) in [6, 6.07) is 0. The zero-order chi connectivity index (χ0) is 11.5. The number of ether oxygens (including phenoxy) is 1. The molecule has 0 aromatic carbocycles. The van der Waals surface area contributed by atoms with E-state index in [0.29, 0.717) is 13.0 Å². The molecule has 0 radical (unpaired) electrons. The van der Waals surface area contributed by atoms with Crippen LogP contribution in [-0.4, -0.2) is 37.1 Å². The van der Waals surface area contributed by atoms with Gasteiger partial charge in [0.25, 0.3) is 0 Å². The van der Waals surface area contributed by atoms with Crippen molar-refractivity contribution in [2.24, 2.45) is 5.92 Å². The van der Waals surface area contributed by atoms with E-state index in [4.69, 9.17) is 4.74 Å². The Bertz CT molecular complexity index is 224. The predicted octanol–water partition coefficient (Wildman–Crippen LogP) is 2.06. The molecular weight excluding hydrogens is 190 g/mol. The highest BCUT2D eigenvalue weighted by molar-refractivity contribution is 5.70. The van der Waals surface area contributed by atoms with Crippen molar-refractivity contribution in [3.63, 3.8) is 0 Å². The average molecular weight is 213 g/mol. The summed E-state index contributed by atoms with van der Waals surface area (Å²) in [5, 5.41) is 0. The van der Waals surface area contributed by atoms with Gasteiger partial charge in [-0.05, 0) is 40.3 Å². The van der Waals surface area contributed by atoms with Crippen molar-refractivity contribution < 1.29 is 9.53 Å². The first-order valence-corrected chi connectivity index (χ1v) is 5.81. The maximum atomic E-state index is 11.5. The first kappa shape index (κ1) is 12.5. The van der Waals surface area contributed by atoms with Gasteiger partial charge in [-0.2, -0.15) is 0 Å². The number of esters is 1. The van der Waals surface area contributed by atoms with Crippen LogP contribution in [-0.2, 0) is 9.53 Å². The Morgan fingerprint density at radius 2 is 2.07 bits per heavy atom. The van der Waals surface area contributed by atoms with Gasteiger partial charge >= 0.3 is 5.97 Å². The number of nitrogens with zero attached hydrogens (tertiary/aromatic N) is 1. The molecule has 0 aromatic rings. The third kappa shape index (κ3) is 3.82. The number of hydrogen-bond donors (Lipinski definition) is 0. The Kier molecular flexibility index (Phi) is 4.14. The second kappa shape index (κ2) is 4.97. The molecule has 0 aromatic heterocycles. The lowest BCUT2D eigenvalue weighted by Gasteiger charge is -2.36. The molecule has 1 rings (SSSR count). The van der Waals surface area contributed by atoms with Crippen LogP contribution in [0.1, 0.15) is 39.5 Å². The van der Waals surface area contributed by atoms with Crippen molar-refractivity contribution in [1.29, 1.82) is 0 Å². The monoisotopic (exact) mass is 213 g/mol. The summed E-state index contributed by atoms with van der Waals surface area (Å²) in [6.45, 7) is 4.49. The maximum Gasteiger partial charge on any atom is 0.307 e. The quantitative estimate of drug-likeness (QED) is 0.632. The fraction of sp³-hybridized carbons (Fsp3) is 0.917. The van der Waals surface area contributed by atoms with Crippen LogP contribution in [0.4, 0.5) is 0 Å². The minimum absolute atomic E-state index is 0.0343. The predicted molar refractivity (Wildman–Crippen MR) is 60.7 cm³/mol. The normalized spacial score (nSPS) is 20.1. The van der Waals surface area contributed by atoms with Crippen LogP contribution in [0.5, 0.6) is 0 Å². The molecule has 0 saturated heterocycles. The summed E-state index contributed by atoms with van der Waals surface area (Å²) in [5.74, 6) is 0.751. The first-order chi connectivity index (χ1) is 6.98. The van der Waals surface area contributed by atoms with Crippen molar-refractivity contribution in [1.82, 2.24) is 4.90 Å². The Labute approximate surface area is 92.8 Å². The molecule has 15 heavy (non-hydrogen) atoms. The van der Waals surface area contributed by atoms with E-state index in [2.05, 4.69) is 11.8 Å². The Hall–Kier alpha value is -0.570. The van der Waals surface area contributed by atoms with E-state index in [9.17, 15) is 4.79 Å². The molecule has 1 atom stereocenters. The minimum Gasteiger partial charge on any atom is -0.466 e. The molecule has 1 saturated carbocycles. The van der Waals surface area contributed by atoms with E-state index in [1.54, 1.807) is 0 Å². The zero-order valence-electron chi connectivity index (χ0n) is 10.4. The summed E-state index contributed by atoms with van der Waals surface area (Å²) in [5.41, 5.74) is -0.0343. The van der Waals surface area contributed by atoms with Crippen LogP contribution in [0.3, 0.4) is 0 Å². The SMILES string of the molecule is CCOC(=O)CC(C)(CC1CC1)N(C)C. The van der Waals surface area contributed by atoms with Crippen LogP contribution in [0, 0.1) is 5.92 Å². The zero-order valence-corrected chi connectivity index (χ0v) is 10.4. The van der Waals surface area contributed by atoms with Gasteiger partial charge in [-0.15, -0.1) is 0 Å². The molecule has 3 nitrogen and oxygen atoms in total. The lowest BCUT2D eigenvalue weighted by atomic mass is 9.90. The van der Waals surface area contributed by atoms with Gasteiger partial charge in [-0.25, -0.2) is 0 Å². The van der Waals surface area contributed by atoms with Crippen molar-refractivity contribution in [3.8, 4) is 0 Å². The molecule has 0 N–H and O–H groups in total. The largest absolute Gasteiger partial charge is 0.466 e. The molecule has 3 heteroatoms. The van der Waals surface area contributed by atoms with Crippen LogP contribution in [0.25, 0.3) is 0 Å². The summed E-state index contributed by atoms with van der Waals surface area (Å²) in [6.07, 6.45) is 4.27. The van der Waals surface area contributed by atoms with Gasteiger partial charge in [0.2, 0.25) is 0 Å².